The Balaban J connectivity index is 1.40. The number of benzene rings is 2. The molecule has 0 bridgehead atoms. The van der Waals surface area contributed by atoms with Crippen molar-refractivity contribution in [1.82, 2.24) is 15.8 Å². The van der Waals surface area contributed by atoms with Crippen LogP contribution in [-0.2, 0) is 0 Å². The number of phenols is 1. The third-order valence-corrected chi connectivity index (χ3v) is 5.97. The predicted octanol–water partition coefficient (Wildman–Crippen LogP) is 2.51. The van der Waals surface area contributed by atoms with E-state index in [1.54, 1.807) is 25.3 Å². The van der Waals surface area contributed by atoms with Crippen molar-refractivity contribution in [2.75, 3.05) is 26.7 Å². The number of nitrogens with zero attached hydrogens (tertiary/aromatic N) is 1. The molecule has 2 aliphatic rings. The molecule has 1 amide bonds. The number of carbonyl (C=O) groups is 1. The molecule has 2 aromatic rings. The lowest BCUT2D eigenvalue weighted by Gasteiger charge is -2.36. The lowest BCUT2D eigenvalue weighted by atomic mass is 9.80. The third-order valence-electron chi connectivity index (χ3n) is 5.97. The van der Waals surface area contributed by atoms with Crippen molar-refractivity contribution >= 4 is 5.91 Å². The second-order valence-electron chi connectivity index (χ2n) is 7.61. The number of ether oxygens (including phenoxy) is 1. The topological polar surface area (TPSA) is 73.8 Å². The van der Waals surface area contributed by atoms with Gasteiger partial charge in [0.15, 0.2) is 0 Å². The number of phenolic OH excluding ortho intramolecular Hbond substituents is 1. The first-order valence-electron chi connectivity index (χ1n) is 9.86. The monoisotopic (exact) mass is 381 g/mol. The van der Waals surface area contributed by atoms with Crippen molar-refractivity contribution in [3.8, 4) is 11.5 Å². The molecule has 2 saturated heterocycles. The molecule has 3 N–H and O–H groups in total. The number of hydrogen-bond acceptors (Lipinski definition) is 5. The van der Waals surface area contributed by atoms with Gasteiger partial charge in [0.1, 0.15) is 11.5 Å². The van der Waals surface area contributed by atoms with Crippen molar-refractivity contribution in [3.05, 3.63) is 59.7 Å². The van der Waals surface area contributed by atoms with Gasteiger partial charge in [0.2, 0.25) is 0 Å². The minimum absolute atomic E-state index is 0.00352. The molecular weight excluding hydrogens is 354 g/mol. The van der Waals surface area contributed by atoms with Crippen molar-refractivity contribution in [2.24, 2.45) is 5.92 Å². The summed E-state index contributed by atoms with van der Waals surface area (Å²) in [5.74, 6) is 1.89. The maximum atomic E-state index is 12.7. The maximum absolute atomic E-state index is 12.7. The second-order valence-corrected chi connectivity index (χ2v) is 7.61. The fourth-order valence-electron chi connectivity index (χ4n) is 4.44. The quantitative estimate of drug-likeness (QED) is 0.759. The van der Waals surface area contributed by atoms with Crippen LogP contribution in [0, 0.1) is 5.92 Å². The van der Waals surface area contributed by atoms with Gasteiger partial charge >= 0.3 is 0 Å². The lowest BCUT2D eigenvalue weighted by Crippen LogP contribution is -2.45. The average molecular weight is 381 g/mol. The summed E-state index contributed by atoms with van der Waals surface area (Å²) in [7, 11) is 1.70. The van der Waals surface area contributed by atoms with E-state index in [9.17, 15) is 9.90 Å². The summed E-state index contributed by atoms with van der Waals surface area (Å²) in [6, 6.07) is 15.2. The molecule has 0 aliphatic carbocycles. The van der Waals surface area contributed by atoms with Gasteiger partial charge in [-0.2, -0.15) is 0 Å². The molecule has 2 heterocycles. The number of piperidine rings is 1. The first kappa shape index (κ1) is 18.8. The largest absolute Gasteiger partial charge is 0.508 e. The van der Waals surface area contributed by atoms with Gasteiger partial charge in [-0.3, -0.25) is 15.6 Å². The molecule has 0 aromatic heterocycles. The van der Waals surface area contributed by atoms with Gasteiger partial charge in [-0.25, -0.2) is 0 Å². The smallest absolute Gasteiger partial charge is 0.253 e. The molecule has 4 rings (SSSR count). The maximum Gasteiger partial charge on any atom is 0.253 e. The van der Waals surface area contributed by atoms with Crippen LogP contribution in [0.25, 0.3) is 0 Å². The van der Waals surface area contributed by atoms with Crippen molar-refractivity contribution in [2.45, 2.75) is 24.8 Å². The normalized spacial score (nSPS) is 23.0. The number of hydrazine groups is 1. The molecule has 2 aliphatic heterocycles. The highest BCUT2D eigenvalue weighted by atomic mass is 16.5. The van der Waals surface area contributed by atoms with Gasteiger partial charge in [0, 0.05) is 37.2 Å². The zero-order chi connectivity index (χ0) is 19.5. The van der Waals surface area contributed by atoms with Crippen LogP contribution >= 0.6 is 0 Å². The van der Waals surface area contributed by atoms with Crippen LogP contribution in [0.15, 0.2) is 48.5 Å². The van der Waals surface area contributed by atoms with E-state index >= 15 is 0 Å². The molecule has 0 saturated carbocycles. The number of nitrogens with one attached hydrogen (secondary N) is 2. The molecule has 6 heteroatoms. The van der Waals surface area contributed by atoms with E-state index in [1.165, 1.54) is 11.6 Å². The van der Waals surface area contributed by atoms with Crippen molar-refractivity contribution in [3.63, 3.8) is 0 Å². The standard InChI is InChI=1S/C22H27N3O3/c1-28-19-7-3-4-16(13-19)20-14-23-24-21(20)15-8-10-25(11-9-15)22(27)17-5-2-6-18(26)12-17/h2-7,12-13,15,20-21,23-24,26H,8-11,14H2,1H3. The number of likely N-dealkylation sites (tertiary alicyclic amines) is 1. The Kier molecular flexibility index (Phi) is 5.50. The molecule has 0 radical (unpaired) electrons. The average Bonchev–Trinajstić information content (AvgIpc) is 3.23. The van der Waals surface area contributed by atoms with Crippen LogP contribution in [0.5, 0.6) is 11.5 Å². The lowest BCUT2D eigenvalue weighted by molar-refractivity contribution is 0.0669. The zero-order valence-corrected chi connectivity index (χ0v) is 16.1. The number of amides is 1. The molecule has 2 atom stereocenters. The molecule has 0 spiro atoms. The van der Waals surface area contributed by atoms with Crippen LogP contribution in [0.1, 0.15) is 34.7 Å². The number of carbonyl (C=O) groups excluding carboxylic acids is 1. The van der Waals surface area contributed by atoms with E-state index in [4.69, 9.17) is 4.74 Å². The summed E-state index contributed by atoms with van der Waals surface area (Å²) in [6.45, 7) is 2.37. The molecule has 2 fully saturated rings. The SMILES string of the molecule is COc1cccc(C2CNNC2C2CCN(C(=O)c3cccc(O)c3)CC2)c1. The summed E-state index contributed by atoms with van der Waals surface area (Å²) < 4.78 is 5.38. The minimum atomic E-state index is -0.00352. The highest BCUT2D eigenvalue weighted by Crippen LogP contribution is 2.33. The Morgan fingerprint density at radius 3 is 2.68 bits per heavy atom. The van der Waals surface area contributed by atoms with E-state index in [2.05, 4.69) is 23.0 Å². The van der Waals surface area contributed by atoms with Gasteiger partial charge < -0.3 is 14.7 Å². The fraction of sp³-hybridized carbons (Fsp3) is 0.409. The number of rotatable bonds is 4. The van der Waals surface area contributed by atoms with Gasteiger partial charge in [-0.1, -0.05) is 18.2 Å². The van der Waals surface area contributed by atoms with E-state index in [0.717, 1.165) is 38.2 Å². The molecule has 6 nitrogen and oxygen atoms in total. The summed E-state index contributed by atoms with van der Waals surface area (Å²) in [5, 5.41) is 9.63. The second kappa shape index (κ2) is 8.20. The van der Waals surface area contributed by atoms with E-state index < -0.39 is 0 Å². The van der Waals surface area contributed by atoms with Crippen LogP contribution in [-0.4, -0.2) is 48.7 Å². The van der Waals surface area contributed by atoms with Crippen molar-refractivity contribution in [1.29, 1.82) is 0 Å². The fourth-order valence-corrected chi connectivity index (χ4v) is 4.44. The van der Waals surface area contributed by atoms with Crippen LogP contribution in [0.2, 0.25) is 0 Å². The van der Waals surface area contributed by atoms with Crippen molar-refractivity contribution < 1.29 is 14.6 Å². The van der Waals surface area contributed by atoms with Crippen LogP contribution < -0.4 is 15.6 Å². The number of aromatic hydroxyl groups is 1. The highest BCUT2D eigenvalue weighted by Gasteiger charge is 2.37. The molecule has 148 valence electrons. The predicted molar refractivity (Wildman–Crippen MR) is 107 cm³/mol. The van der Waals surface area contributed by atoms with Gasteiger partial charge in [-0.15, -0.1) is 0 Å². The molecule has 28 heavy (non-hydrogen) atoms. The molecule has 2 unspecified atom stereocenters. The molecule has 2 aromatic carbocycles. The third kappa shape index (κ3) is 3.84. The van der Waals surface area contributed by atoms with Crippen LogP contribution in [0.4, 0.5) is 0 Å². The molecular formula is C22H27N3O3. The highest BCUT2D eigenvalue weighted by molar-refractivity contribution is 5.94. The summed E-state index contributed by atoms with van der Waals surface area (Å²) in [6.07, 6.45) is 1.93. The number of hydrogen-bond donors (Lipinski definition) is 3. The Bertz CT molecular complexity index is 833. The minimum Gasteiger partial charge on any atom is -0.508 e. The first-order chi connectivity index (χ1) is 13.7. The van der Waals surface area contributed by atoms with Crippen LogP contribution in [0.3, 0.4) is 0 Å². The first-order valence-corrected chi connectivity index (χ1v) is 9.86. The van der Waals surface area contributed by atoms with Gasteiger partial charge in [0.05, 0.1) is 7.11 Å². The summed E-state index contributed by atoms with van der Waals surface area (Å²) in [5.41, 5.74) is 8.62. The Morgan fingerprint density at radius 2 is 1.93 bits per heavy atom. The number of methoxy groups -OCH3 is 1. The van der Waals surface area contributed by atoms with E-state index in [0.29, 0.717) is 23.4 Å². The summed E-state index contributed by atoms with van der Waals surface area (Å²) >= 11 is 0. The van der Waals surface area contributed by atoms with E-state index in [-0.39, 0.29) is 11.7 Å². The van der Waals surface area contributed by atoms with E-state index in [1.807, 2.05) is 17.0 Å². The zero-order valence-electron chi connectivity index (χ0n) is 16.1. The Hall–Kier alpha value is -2.57. The van der Waals surface area contributed by atoms with Gasteiger partial charge in [-0.05, 0) is 54.7 Å². The van der Waals surface area contributed by atoms with Gasteiger partial charge in [0.25, 0.3) is 5.91 Å². The Labute approximate surface area is 165 Å². The summed E-state index contributed by atoms with van der Waals surface area (Å²) in [4.78, 5) is 14.6. The Morgan fingerprint density at radius 1 is 1.14 bits per heavy atom.